The van der Waals surface area contributed by atoms with E-state index in [4.69, 9.17) is 0 Å². The van der Waals surface area contributed by atoms with Crippen molar-refractivity contribution in [2.24, 2.45) is 5.92 Å². The maximum atomic E-state index is 13.9. The number of carbonyl (C=O) groups is 1. The van der Waals surface area contributed by atoms with E-state index >= 15 is 0 Å². The molecule has 0 N–H and O–H groups in total. The average Bonchev–Trinajstić information content (AvgIpc) is 3.23. The molecule has 0 atom stereocenters. The fourth-order valence-corrected chi connectivity index (χ4v) is 2.17. The van der Waals surface area contributed by atoms with Crippen LogP contribution < -0.4 is 0 Å². The Bertz CT molecular complexity index is 574. The zero-order valence-electron chi connectivity index (χ0n) is 11.6. The van der Waals surface area contributed by atoms with Crippen molar-refractivity contribution < 1.29 is 18.5 Å². The molecule has 2 rings (SSSR count). The quantitative estimate of drug-likeness (QED) is 0.598. The second kappa shape index (κ2) is 6.15. The van der Waals surface area contributed by atoms with Gasteiger partial charge in [-0.15, -0.1) is 0 Å². The van der Waals surface area contributed by atoms with Gasteiger partial charge in [0.1, 0.15) is 5.82 Å². The smallest absolute Gasteiger partial charge is 0.307 e. The second-order valence-electron chi connectivity index (χ2n) is 5.24. The van der Waals surface area contributed by atoms with Crippen LogP contribution in [0.5, 0.6) is 0 Å². The van der Waals surface area contributed by atoms with E-state index < -0.39 is 33.7 Å². The Morgan fingerprint density at radius 2 is 2.05 bits per heavy atom. The van der Waals surface area contributed by atoms with Gasteiger partial charge in [0.15, 0.2) is 0 Å². The number of rotatable bonds is 6. The third-order valence-electron chi connectivity index (χ3n) is 3.42. The van der Waals surface area contributed by atoms with Crippen molar-refractivity contribution in [3.05, 3.63) is 39.4 Å². The Hall–Kier alpha value is -2.05. The van der Waals surface area contributed by atoms with Gasteiger partial charge in [0.2, 0.25) is 5.82 Å². The predicted octanol–water partition coefficient (Wildman–Crippen LogP) is 3.14. The van der Waals surface area contributed by atoms with Crippen LogP contribution in [0.2, 0.25) is 0 Å². The Labute approximate surface area is 120 Å². The molecule has 1 aliphatic carbocycles. The van der Waals surface area contributed by atoms with Gasteiger partial charge in [-0.2, -0.15) is 4.39 Å². The highest BCUT2D eigenvalue weighted by molar-refractivity contribution is 5.94. The average molecular weight is 298 g/mol. The summed E-state index contributed by atoms with van der Waals surface area (Å²) >= 11 is 0. The first-order valence-corrected chi connectivity index (χ1v) is 6.86. The minimum absolute atomic E-state index is 0.423. The molecule has 1 fully saturated rings. The lowest BCUT2D eigenvalue weighted by Gasteiger charge is -2.22. The number of carbonyl (C=O) groups excluding carboxylic acids is 1. The van der Waals surface area contributed by atoms with E-state index in [0.717, 1.165) is 12.8 Å². The fraction of sp³-hybridized carbons (Fsp3) is 0.500. The standard InChI is InChI=1S/C14H16F2N2O3/c1-2-5-17(8-9-3-4-9)14(19)10-6-12(16)13(18(20)21)7-11(10)15/h6-7,9H,2-5,8H2,1H3. The molecule has 1 aromatic rings. The summed E-state index contributed by atoms with van der Waals surface area (Å²) in [5, 5.41) is 10.5. The molecule has 21 heavy (non-hydrogen) atoms. The molecule has 0 spiro atoms. The molecule has 0 heterocycles. The van der Waals surface area contributed by atoms with Crippen molar-refractivity contribution in [3.63, 3.8) is 0 Å². The molecule has 0 bridgehead atoms. The minimum atomic E-state index is -1.20. The van der Waals surface area contributed by atoms with Gasteiger partial charge in [0.05, 0.1) is 16.6 Å². The maximum absolute atomic E-state index is 13.9. The number of nitro groups is 1. The molecule has 0 aromatic heterocycles. The summed E-state index contributed by atoms with van der Waals surface area (Å²) in [5.41, 5.74) is -1.42. The third-order valence-corrected chi connectivity index (χ3v) is 3.42. The highest BCUT2D eigenvalue weighted by atomic mass is 19.1. The van der Waals surface area contributed by atoms with E-state index in [2.05, 4.69) is 0 Å². The molecule has 0 saturated heterocycles. The summed E-state index contributed by atoms with van der Waals surface area (Å²) in [6, 6.07) is 1.08. The zero-order chi connectivity index (χ0) is 15.6. The van der Waals surface area contributed by atoms with Crippen molar-refractivity contribution in [1.82, 2.24) is 4.90 Å². The Kier molecular flexibility index (Phi) is 4.50. The van der Waals surface area contributed by atoms with E-state index in [1.54, 1.807) is 0 Å². The summed E-state index contributed by atoms with van der Waals surface area (Å²) in [4.78, 5) is 23.3. The molecule has 1 saturated carbocycles. The lowest BCUT2D eigenvalue weighted by Crippen LogP contribution is -2.34. The lowest BCUT2D eigenvalue weighted by atomic mass is 10.1. The number of nitrogens with zero attached hydrogens (tertiary/aromatic N) is 2. The summed E-state index contributed by atoms with van der Waals surface area (Å²) in [6.07, 6.45) is 2.77. The first-order chi connectivity index (χ1) is 9.93. The van der Waals surface area contributed by atoms with Gasteiger partial charge in [0, 0.05) is 13.1 Å². The van der Waals surface area contributed by atoms with E-state index in [0.29, 0.717) is 37.6 Å². The fourth-order valence-electron chi connectivity index (χ4n) is 2.17. The SMILES string of the molecule is CCCN(CC1CC1)C(=O)c1cc(F)c([N+](=O)[O-])cc1F. The summed E-state index contributed by atoms with van der Waals surface area (Å²) in [6.45, 7) is 2.86. The third kappa shape index (κ3) is 3.53. The van der Waals surface area contributed by atoms with Crippen LogP contribution in [-0.4, -0.2) is 28.8 Å². The molecular formula is C14H16F2N2O3. The van der Waals surface area contributed by atoms with Gasteiger partial charge >= 0.3 is 5.69 Å². The highest BCUT2D eigenvalue weighted by Gasteiger charge is 2.29. The first kappa shape index (κ1) is 15.3. The van der Waals surface area contributed by atoms with Crippen molar-refractivity contribution >= 4 is 11.6 Å². The number of amides is 1. The van der Waals surface area contributed by atoms with Crippen molar-refractivity contribution in [1.29, 1.82) is 0 Å². The molecule has 0 aliphatic heterocycles. The minimum Gasteiger partial charge on any atom is -0.338 e. The molecule has 7 heteroatoms. The lowest BCUT2D eigenvalue weighted by molar-refractivity contribution is -0.387. The first-order valence-electron chi connectivity index (χ1n) is 6.86. The maximum Gasteiger partial charge on any atom is 0.307 e. The molecule has 1 aromatic carbocycles. The van der Waals surface area contributed by atoms with Crippen molar-refractivity contribution in [3.8, 4) is 0 Å². The van der Waals surface area contributed by atoms with Gasteiger partial charge < -0.3 is 4.90 Å². The van der Waals surface area contributed by atoms with Crippen LogP contribution >= 0.6 is 0 Å². The van der Waals surface area contributed by atoms with E-state index in [1.165, 1.54) is 4.90 Å². The number of hydrogen-bond donors (Lipinski definition) is 0. The van der Waals surface area contributed by atoms with Gasteiger partial charge in [-0.1, -0.05) is 6.92 Å². The van der Waals surface area contributed by atoms with Gasteiger partial charge in [-0.3, -0.25) is 14.9 Å². The second-order valence-corrected chi connectivity index (χ2v) is 5.24. The number of halogens is 2. The molecule has 5 nitrogen and oxygen atoms in total. The summed E-state index contributed by atoms with van der Waals surface area (Å²) < 4.78 is 27.5. The Balaban J connectivity index is 2.27. The molecule has 0 unspecified atom stereocenters. The highest BCUT2D eigenvalue weighted by Crippen LogP contribution is 2.30. The normalized spacial score (nSPS) is 14.0. The number of nitro benzene ring substituents is 1. The molecule has 1 aliphatic rings. The van der Waals surface area contributed by atoms with Crippen LogP contribution in [0.1, 0.15) is 36.5 Å². The van der Waals surface area contributed by atoms with E-state index in [9.17, 15) is 23.7 Å². The molecule has 114 valence electrons. The van der Waals surface area contributed by atoms with Crippen LogP contribution in [0.3, 0.4) is 0 Å². The Morgan fingerprint density at radius 1 is 1.38 bits per heavy atom. The zero-order valence-corrected chi connectivity index (χ0v) is 11.6. The largest absolute Gasteiger partial charge is 0.338 e. The summed E-state index contributed by atoms with van der Waals surface area (Å²) in [7, 11) is 0. The van der Waals surface area contributed by atoms with E-state index in [-0.39, 0.29) is 0 Å². The van der Waals surface area contributed by atoms with Crippen LogP contribution in [0.15, 0.2) is 12.1 Å². The van der Waals surface area contributed by atoms with Crippen LogP contribution in [0.25, 0.3) is 0 Å². The number of hydrogen-bond acceptors (Lipinski definition) is 3. The molecular weight excluding hydrogens is 282 g/mol. The summed E-state index contributed by atoms with van der Waals surface area (Å²) in [5.74, 6) is -2.46. The Morgan fingerprint density at radius 3 is 2.57 bits per heavy atom. The predicted molar refractivity (Wildman–Crippen MR) is 71.9 cm³/mol. The van der Waals surface area contributed by atoms with Crippen LogP contribution in [0.4, 0.5) is 14.5 Å². The molecule has 0 radical (unpaired) electrons. The van der Waals surface area contributed by atoms with Crippen molar-refractivity contribution in [2.45, 2.75) is 26.2 Å². The van der Waals surface area contributed by atoms with E-state index in [1.807, 2.05) is 6.92 Å². The van der Waals surface area contributed by atoms with Gasteiger partial charge in [-0.25, -0.2) is 4.39 Å². The topological polar surface area (TPSA) is 63.5 Å². The van der Waals surface area contributed by atoms with Gasteiger partial charge in [-0.05, 0) is 31.2 Å². The van der Waals surface area contributed by atoms with Crippen LogP contribution in [-0.2, 0) is 0 Å². The number of benzene rings is 1. The van der Waals surface area contributed by atoms with Crippen molar-refractivity contribution in [2.75, 3.05) is 13.1 Å². The molecule has 1 amide bonds. The van der Waals surface area contributed by atoms with Crippen LogP contribution in [0, 0.1) is 27.7 Å². The monoisotopic (exact) mass is 298 g/mol. The van der Waals surface area contributed by atoms with Gasteiger partial charge in [0.25, 0.3) is 5.91 Å².